The van der Waals surface area contributed by atoms with Crippen LogP contribution in [0.25, 0.3) is 44.7 Å². The second-order valence-electron chi connectivity index (χ2n) is 9.50. The summed E-state index contributed by atoms with van der Waals surface area (Å²) in [6.07, 6.45) is 0. The van der Waals surface area contributed by atoms with E-state index in [0.717, 1.165) is 22.0 Å². The number of aromatic nitrogens is 1. The van der Waals surface area contributed by atoms with E-state index in [9.17, 15) is 9.59 Å². The van der Waals surface area contributed by atoms with Gasteiger partial charge in [0, 0.05) is 22.2 Å². The van der Waals surface area contributed by atoms with Crippen LogP contribution in [0.2, 0.25) is 0 Å². The minimum atomic E-state index is -0.419. The Kier molecular flexibility index (Phi) is 5.85. The zero-order valence-electron chi connectivity index (χ0n) is 20.9. The van der Waals surface area contributed by atoms with E-state index in [1.54, 1.807) is 36.4 Å². The quantitative estimate of drug-likeness (QED) is 0.246. The predicted molar refractivity (Wildman–Crippen MR) is 149 cm³/mol. The first-order valence-corrected chi connectivity index (χ1v) is 12.4. The molecule has 0 aliphatic heterocycles. The number of fused-ring (bicyclic) bond motifs is 2. The Hall–Kier alpha value is -4.97. The Morgan fingerprint density at radius 1 is 0.789 bits per heavy atom. The summed E-state index contributed by atoms with van der Waals surface area (Å²) in [6, 6.07) is 29.5. The molecule has 1 amide bonds. The highest BCUT2D eigenvalue weighted by Crippen LogP contribution is 2.29. The molecule has 0 aliphatic rings. The molecular weight excluding hydrogens is 476 g/mol. The first-order chi connectivity index (χ1) is 18.4. The van der Waals surface area contributed by atoms with Crippen LogP contribution in [0.4, 0.5) is 5.69 Å². The van der Waals surface area contributed by atoms with Crippen LogP contribution in [-0.2, 0) is 0 Å². The van der Waals surface area contributed by atoms with E-state index >= 15 is 0 Å². The van der Waals surface area contributed by atoms with Gasteiger partial charge < -0.3 is 14.2 Å². The minimum Gasteiger partial charge on any atom is -0.436 e. The smallest absolute Gasteiger partial charge is 0.344 e. The number of benzene rings is 4. The summed E-state index contributed by atoms with van der Waals surface area (Å²) in [4.78, 5) is 30.1. The van der Waals surface area contributed by atoms with Crippen LogP contribution in [0.1, 0.15) is 35.7 Å². The molecule has 0 radical (unpaired) electrons. The lowest BCUT2D eigenvalue weighted by atomic mass is 10.0. The number of carbonyl (C=O) groups excluding carboxylic acids is 1. The molecule has 0 saturated heterocycles. The molecule has 38 heavy (non-hydrogen) atoms. The van der Waals surface area contributed by atoms with Gasteiger partial charge in [0.05, 0.1) is 5.56 Å². The van der Waals surface area contributed by atoms with Crippen molar-refractivity contribution in [3.8, 4) is 22.6 Å². The van der Waals surface area contributed by atoms with Gasteiger partial charge in [-0.15, -0.1) is 0 Å². The second-order valence-corrected chi connectivity index (χ2v) is 9.50. The van der Waals surface area contributed by atoms with Gasteiger partial charge in [0.15, 0.2) is 5.58 Å². The van der Waals surface area contributed by atoms with Crippen LogP contribution < -0.4 is 10.9 Å². The summed E-state index contributed by atoms with van der Waals surface area (Å²) in [5, 5.41) is 3.77. The second kappa shape index (κ2) is 9.48. The van der Waals surface area contributed by atoms with E-state index in [1.807, 2.05) is 54.6 Å². The lowest BCUT2D eigenvalue weighted by molar-refractivity contribution is 0.102. The molecule has 0 spiro atoms. The van der Waals surface area contributed by atoms with Crippen molar-refractivity contribution in [2.24, 2.45) is 0 Å². The Labute approximate surface area is 218 Å². The van der Waals surface area contributed by atoms with Gasteiger partial charge >= 0.3 is 5.63 Å². The molecule has 6 aromatic rings. The SMILES string of the molecule is CC(C)c1ccc2oc(-c3cccc(NC(=O)c4ccc(-c5cc6ccccc6oc5=O)cc4)c3)nc2c1. The molecule has 6 rings (SSSR count). The van der Waals surface area contributed by atoms with E-state index in [-0.39, 0.29) is 5.91 Å². The number of anilines is 1. The van der Waals surface area contributed by atoms with Gasteiger partial charge in [-0.2, -0.15) is 0 Å². The molecular formula is C32H24N2O4. The molecule has 6 heteroatoms. The number of nitrogens with one attached hydrogen (secondary N) is 1. The standard InChI is InChI=1S/C32H24N2O4/c1-19(2)22-14-15-29-27(18-22)34-31(37-29)24-7-5-8-25(16-24)33-30(35)21-12-10-20(11-13-21)26-17-23-6-3-4-9-28(23)38-32(26)36/h3-19H,1-2H3,(H,33,35). The molecule has 0 bridgehead atoms. The van der Waals surface area contributed by atoms with E-state index in [0.29, 0.717) is 39.8 Å². The number of carbonyl (C=O) groups is 1. The number of para-hydroxylation sites is 1. The Morgan fingerprint density at radius 3 is 2.42 bits per heavy atom. The lowest BCUT2D eigenvalue weighted by Crippen LogP contribution is -2.12. The molecule has 0 saturated carbocycles. The normalized spacial score (nSPS) is 11.3. The maximum absolute atomic E-state index is 13.0. The van der Waals surface area contributed by atoms with Crippen molar-refractivity contribution in [2.75, 3.05) is 5.32 Å². The van der Waals surface area contributed by atoms with Crippen LogP contribution in [0.5, 0.6) is 0 Å². The van der Waals surface area contributed by atoms with Crippen molar-refractivity contribution in [3.05, 3.63) is 119 Å². The molecule has 6 nitrogen and oxygen atoms in total. The third-order valence-electron chi connectivity index (χ3n) is 6.55. The van der Waals surface area contributed by atoms with E-state index in [1.165, 1.54) is 5.56 Å². The van der Waals surface area contributed by atoms with Crippen LogP contribution >= 0.6 is 0 Å². The number of nitrogens with zero attached hydrogens (tertiary/aromatic N) is 1. The monoisotopic (exact) mass is 500 g/mol. The summed E-state index contributed by atoms with van der Waals surface area (Å²) in [5.41, 5.74) is 5.83. The fourth-order valence-electron chi connectivity index (χ4n) is 4.42. The Morgan fingerprint density at radius 2 is 1.61 bits per heavy atom. The molecule has 0 atom stereocenters. The van der Waals surface area contributed by atoms with Crippen LogP contribution in [0.15, 0.2) is 111 Å². The molecule has 2 heterocycles. The Bertz CT molecular complexity index is 1860. The average Bonchev–Trinajstić information content (AvgIpc) is 3.37. The highest BCUT2D eigenvalue weighted by Gasteiger charge is 2.13. The summed E-state index contributed by atoms with van der Waals surface area (Å²) < 4.78 is 11.4. The lowest BCUT2D eigenvalue weighted by Gasteiger charge is -2.08. The third kappa shape index (κ3) is 4.48. The fourth-order valence-corrected chi connectivity index (χ4v) is 4.42. The van der Waals surface area contributed by atoms with Crippen LogP contribution in [-0.4, -0.2) is 10.9 Å². The van der Waals surface area contributed by atoms with Crippen LogP contribution in [0.3, 0.4) is 0 Å². The van der Waals surface area contributed by atoms with E-state index < -0.39 is 5.63 Å². The summed E-state index contributed by atoms with van der Waals surface area (Å²) in [6.45, 7) is 4.28. The maximum Gasteiger partial charge on any atom is 0.344 e. The van der Waals surface area contributed by atoms with Gasteiger partial charge in [0.1, 0.15) is 11.1 Å². The molecule has 2 aromatic heterocycles. The van der Waals surface area contributed by atoms with Gasteiger partial charge in [-0.05, 0) is 71.6 Å². The van der Waals surface area contributed by atoms with Gasteiger partial charge in [-0.3, -0.25) is 4.79 Å². The number of oxazole rings is 1. The van der Waals surface area contributed by atoms with Crippen LogP contribution in [0, 0.1) is 0 Å². The molecule has 1 N–H and O–H groups in total. The summed E-state index contributed by atoms with van der Waals surface area (Å²) in [5.74, 6) is 0.631. The molecule has 0 unspecified atom stereocenters. The van der Waals surface area contributed by atoms with Crippen molar-refractivity contribution in [3.63, 3.8) is 0 Å². The Balaban J connectivity index is 1.22. The molecule has 186 valence electrons. The van der Waals surface area contributed by atoms with Crippen molar-refractivity contribution >= 4 is 33.7 Å². The van der Waals surface area contributed by atoms with Gasteiger partial charge in [0.25, 0.3) is 5.91 Å². The topological polar surface area (TPSA) is 85.3 Å². The first kappa shape index (κ1) is 23.4. The highest BCUT2D eigenvalue weighted by atomic mass is 16.4. The predicted octanol–water partition coefficient (Wildman–Crippen LogP) is 7.64. The van der Waals surface area contributed by atoms with Gasteiger partial charge in [0.2, 0.25) is 5.89 Å². The molecule has 0 fully saturated rings. The highest BCUT2D eigenvalue weighted by molar-refractivity contribution is 6.04. The van der Waals surface area contributed by atoms with Crippen molar-refractivity contribution < 1.29 is 13.6 Å². The molecule has 4 aromatic carbocycles. The van der Waals surface area contributed by atoms with E-state index in [4.69, 9.17) is 8.83 Å². The van der Waals surface area contributed by atoms with Crippen molar-refractivity contribution in [1.29, 1.82) is 0 Å². The number of amides is 1. The van der Waals surface area contributed by atoms with E-state index in [2.05, 4.69) is 30.2 Å². The maximum atomic E-state index is 13.0. The van der Waals surface area contributed by atoms with Crippen molar-refractivity contribution in [1.82, 2.24) is 4.98 Å². The number of rotatable bonds is 5. The average molecular weight is 501 g/mol. The fraction of sp³-hybridized carbons (Fsp3) is 0.0938. The summed E-state index contributed by atoms with van der Waals surface area (Å²) >= 11 is 0. The first-order valence-electron chi connectivity index (χ1n) is 12.4. The third-order valence-corrected chi connectivity index (χ3v) is 6.55. The molecule has 0 aliphatic carbocycles. The largest absolute Gasteiger partial charge is 0.436 e. The minimum absolute atomic E-state index is 0.265. The zero-order valence-corrected chi connectivity index (χ0v) is 20.9. The number of hydrogen-bond acceptors (Lipinski definition) is 5. The van der Waals surface area contributed by atoms with Gasteiger partial charge in [-0.25, -0.2) is 9.78 Å². The zero-order chi connectivity index (χ0) is 26.2. The van der Waals surface area contributed by atoms with Gasteiger partial charge in [-0.1, -0.05) is 56.3 Å². The number of hydrogen-bond donors (Lipinski definition) is 1. The van der Waals surface area contributed by atoms with Crippen molar-refractivity contribution in [2.45, 2.75) is 19.8 Å². The summed E-state index contributed by atoms with van der Waals surface area (Å²) in [7, 11) is 0.